The van der Waals surface area contributed by atoms with E-state index in [0.717, 1.165) is 24.8 Å². The van der Waals surface area contributed by atoms with Crippen molar-refractivity contribution in [3.63, 3.8) is 0 Å². The van der Waals surface area contributed by atoms with Crippen LogP contribution >= 0.6 is 11.6 Å². The molecule has 4 rings (SSSR count). The maximum atomic E-state index is 13.1. The number of nitrogens with zero attached hydrogens (tertiary/aromatic N) is 3. The van der Waals surface area contributed by atoms with Gasteiger partial charge in [0.15, 0.2) is 0 Å². The smallest absolute Gasteiger partial charge is 0.328 e. The third kappa shape index (κ3) is 5.90. The van der Waals surface area contributed by atoms with Crippen LogP contribution in [0.2, 0.25) is 5.15 Å². The molecule has 36 heavy (non-hydrogen) atoms. The van der Waals surface area contributed by atoms with Crippen molar-refractivity contribution < 1.29 is 23.9 Å². The topological polar surface area (TPSA) is 101 Å². The largest absolute Gasteiger partial charge is 0.481 e. The van der Waals surface area contributed by atoms with E-state index in [9.17, 15) is 14.4 Å². The predicted octanol–water partition coefficient (Wildman–Crippen LogP) is 3.17. The van der Waals surface area contributed by atoms with Gasteiger partial charge in [-0.1, -0.05) is 41.9 Å². The van der Waals surface area contributed by atoms with Gasteiger partial charge in [-0.15, -0.1) is 0 Å². The van der Waals surface area contributed by atoms with Crippen LogP contribution in [-0.4, -0.2) is 79.1 Å². The number of nitrogens with one attached hydrogen (secondary N) is 1. The molecule has 3 amide bonds. The number of pyridine rings is 1. The van der Waals surface area contributed by atoms with E-state index in [-0.39, 0.29) is 22.5 Å². The number of amides is 3. The number of hydrogen-bond acceptors (Lipinski definition) is 6. The molecule has 10 heteroatoms. The maximum Gasteiger partial charge on any atom is 0.328 e. The molecule has 0 saturated carbocycles. The average molecular weight is 515 g/mol. The number of methoxy groups -OCH3 is 2. The molecule has 1 aromatic heterocycles. The first-order valence-corrected chi connectivity index (χ1v) is 12.4. The molecule has 1 spiro atoms. The zero-order valence-corrected chi connectivity index (χ0v) is 21.3. The first-order chi connectivity index (χ1) is 17.3. The summed E-state index contributed by atoms with van der Waals surface area (Å²) in [5, 5.41) is 3.07. The molecule has 0 unspecified atom stereocenters. The lowest BCUT2D eigenvalue weighted by Gasteiger charge is -2.39. The summed E-state index contributed by atoms with van der Waals surface area (Å²) in [4.78, 5) is 46.0. The maximum absolute atomic E-state index is 13.1. The highest BCUT2D eigenvalue weighted by molar-refractivity contribution is 6.29. The predicted molar refractivity (Wildman–Crippen MR) is 134 cm³/mol. The lowest BCUT2D eigenvalue weighted by molar-refractivity contribution is -0.142. The van der Waals surface area contributed by atoms with E-state index in [2.05, 4.69) is 10.3 Å². The second-order valence-electron chi connectivity index (χ2n) is 9.40. The number of esters is 1. The summed E-state index contributed by atoms with van der Waals surface area (Å²) < 4.78 is 10.0. The molecule has 0 radical (unpaired) electrons. The standard InChI is InChI=1S/C26H31ClN4O5/c1-35-22-16-19(15-21(27)29-22)23(32)30-11-8-26(9-12-30)10-13-31(17-26)25(34)28-20(24(33)36-2)14-18-6-4-3-5-7-18/h3-7,15-16,20H,8-14,17H2,1-2H3,(H,28,34)/t20-/m0/s1. The molecule has 3 heterocycles. The fourth-order valence-electron chi connectivity index (χ4n) is 5.01. The van der Waals surface area contributed by atoms with E-state index in [4.69, 9.17) is 21.1 Å². The van der Waals surface area contributed by atoms with E-state index in [0.29, 0.717) is 44.0 Å². The fourth-order valence-corrected chi connectivity index (χ4v) is 5.21. The quantitative estimate of drug-likeness (QED) is 0.469. The number of urea groups is 1. The van der Waals surface area contributed by atoms with Crippen molar-refractivity contribution in [1.29, 1.82) is 0 Å². The van der Waals surface area contributed by atoms with Crippen molar-refractivity contribution in [1.82, 2.24) is 20.1 Å². The summed E-state index contributed by atoms with van der Waals surface area (Å²) in [7, 11) is 2.80. The van der Waals surface area contributed by atoms with Crippen LogP contribution < -0.4 is 10.1 Å². The molecule has 2 aliphatic rings. The van der Waals surface area contributed by atoms with Gasteiger partial charge in [-0.3, -0.25) is 4.79 Å². The van der Waals surface area contributed by atoms with Crippen molar-refractivity contribution in [3.05, 3.63) is 58.7 Å². The Morgan fingerprint density at radius 2 is 1.72 bits per heavy atom. The lowest BCUT2D eigenvalue weighted by Crippen LogP contribution is -2.50. The third-order valence-electron chi connectivity index (χ3n) is 7.13. The summed E-state index contributed by atoms with van der Waals surface area (Å²) >= 11 is 6.03. The van der Waals surface area contributed by atoms with Gasteiger partial charge in [0.2, 0.25) is 5.88 Å². The highest BCUT2D eigenvalue weighted by atomic mass is 35.5. The summed E-state index contributed by atoms with van der Waals surface area (Å²) in [5.74, 6) is -0.281. The van der Waals surface area contributed by atoms with Crippen LogP contribution in [0.3, 0.4) is 0 Å². The van der Waals surface area contributed by atoms with Gasteiger partial charge >= 0.3 is 12.0 Å². The van der Waals surface area contributed by atoms with Crippen LogP contribution in [0.25, 0.3) is 0 Å². The van der Waals surface area contributed by atoms with E-state index >= 15 is 0 Å². The Balaban J connectivity index is 1.34. The van der Waals surface area contributed by atoms with Crippen molar-refractivity contribution in [2.45, 2.75) is 31.7 Å². The zero-order chi connectivity index (χ0) is 25.7. The minimum absolute atomic E-state index is 0.0398. The fraction of sp³-hybridized carbons (Fsp3) is 0.462. The average Bonchev–Trinajstić information content (AvgIpc) is 3.31. The Hall–Kier alpha value is -3.33. The van der Waals surface area contributed by atoms with Gasteiger partial charge in [0.05, 0.1) is 14.2 Å². The Kier molecular flexibility index (Phi) is 7.98. The highest BCUT2D eigenvalue weighted by Crippen LogP contribution is 2.40. The second-order valence-corrected chi connectivity index (χ2v) is 9.79. The minimum atomic E-state index is -0.759. The molecule has 2 saturated heterocycles. The zero-order valence-electron chi connectivity index (χ0n) is 20.5. The lowest BCUT2D eigenvalue weighted by atomic mass is 9.77. The van der Waals surface area contributed by atoms with Gasteiger partial charge in [-0.2, -0.15) is 0 Å². The third-order valence-corrected chi connectivity index (χ3v) is 7.32. The number of carbonyl (C=O) groups excluding carboxylic acids is 3. The van der Waals surface area contributed by atoms with Gasteiger partial charge < -0.3 is 24.6 Å². The first kappa shape index (κ1) is 25.8. The molecule has 2 fully saturated rings. The number of carbonyl (C=O) groups is 3. The Labute approximate surface area is 215 Å². The normalized spacial score (nSPS) is 17.5. The molecule has 2 aromatic rings. The number of likely N-dealkylation sites (tertiary alicyclic amines) is 2. The van der Waals surface area contributed by atoms with Crippen LogP contribution in [0.1, 0.15) is 35.2 Å². The Morgan fingerprint density at radius 1 is 1.06 bits per heavy atom. The van der Waals surface area contributed by atoms with Crippen LogP contribution in [0.4, 0.5) is 4.79 Å². The minimum Gasteiger partial charge on any atom is -0.481 e. The van der Waals surface area contributed by atoms with Crippen LogP contribution in [0.15, 0.2) is 42.5 Å². The van der Waals surface area contributed by atoms with E-state index in [1.165, 1.54) is 14.2 Å². The van der Waals surface area contributed by atoms with Crippen molar-refractivity contribution in [2.24, 2.45) is 5.41 Å². The van der Waals surface area contributed by atoms with E-state index in [1.807, 2.05) is 35.2 Å². The van der Waals surface area contributed by atoms with Crippen molar-refractivity contribution in [3.8, 4) is 5.88 Å². The van der Waals surface area contributed by atoms with E-state index < -0.39 is 12.0 Å². The van der Waals surface area contributed by atoms with Gasteiger partial charge in [-0.05, 0) is 36.3 Å². The molecule has 0 aliphatic carbocycles. The molecule has 1 atom stereocenters. The summed E-state index contributed by atoms with van der Waals surface area (Å²) in [5.41, 5.74) is 1.35. The molecule has 1 N–H and O–H groups in total. The molecule has 2 aliphatic heterocycles. The van der Waals surface area contributed by atoms with Gasteiger partial charge in [0.1, 0.15) is 11.2 Å². The monoisotopic (exact) mass is 514 g/mol. The number of halogens is 1. The highest BCUT2D eigenvalue weighted by Gasteiger charge is 2.43. The van der Waals surface area contributed by atoms with Crippen LogP contribution in [-0.2, 0) is 16.0 Å². The molecular formula is C26H31ClN4O5. The first-order valence-electron chi connectivity index (χ1n) is 12.0. The molecule has 9 nitrogen and oxygen atoms in total. The number of benzene rings is 1. The Morgan fingerprint density at radius 3 is 2.36 bits per heavy atom. The number of ether oxygens (including phenoxy) is 2. The van der Waals surface area contributed by atoms with Crippen molar-refractivity contribution in [2.75, 3.05) is 40.4 Å². The van der Waals surface area contributed by atoms with Crippen LogP contribution in [0.5, 0.6) is 5.88 Å². The second kappa shape index (κ2) is 11.2. The van der Waals surface area contributed by atoms with Crippen LogP contribution in [0, 0.1) is 5.41 Å². The molecular weight excluding hydrogens is 484 g/mol. The number of aromatic nitrogens is 1. The number of piperidine rings is 1. The molecule has 192 valence electrons. The molecule has 0 bridgehead atoms. The van der Waals surface area contributed by atoms with Gasteiger partial charge in [0.25, 0.3) is 5.91 Å². The van der Waals surface area contributed by atoms with Gasteiger partial charge in [-0.25, -0.2) is 14.6 Å². The van der Waals surface area contributed by atoms with Crippen molar-refractivity contribution >= 4 is 29.5 Å². The van der Waals surface area contributed by atoms with Gasteiger partial charge in [0, 0.05) is 44.2 Å². The summed E-state index contributed by atoms with van der Waals surface area (Å²) in [6.45, 7) is 2.38. The number of rotatable bonds is 6. The SMILES string of the molecule is COC(=O)[C@H](Cc1ccccc1)NC(=O)N1CCC2(CCN(C(=O)c3cc(Cl)nc(OC)c3)CC2)C1. The Bertz CT molecular complexity index is 1100. The summed E-state index contributed by atoms with van der Waals surface area (Å²) in [6.07, 6.45) is 2.81. The summed E-state index contributed by atoms with van der Waals surface area (Å²) in [6, 6.07) is 11.6. The van der Waals surface area contributed by atoms with E-state index in [1.54, 1.807) is 17.0 Å². The number of hydrogen-bond donors (Lipinski definition) is 1. The molecule has 1 aromatic carbocycles.